The van der Waals surface area contributed by atoms with Gasteiger partial charge in [-0.2, -0.15) is 0 Å². The Labute approximate surface area is 137 Å². The number of ether oxygens (including phenoxy) is 1. The fraction of sp³-hybridized carbons (Fsp3) is 0.556. The Kier molecular flexibility index (Phi) is 4.39. The minimum atomic E-state index is -0.652. The second kappa shape index (κ2) is 6.32. The molecule has 1 N–H and O–H groups in total. The molecule has 0 unspecified atom stereocenters. The number of benzene rings is 1. The van der Waals surface area contributed by atoms with E-state index in [-0.39, 0.29) is 12.0 Å². The Morgan fingerprint density at radius 3 is 2.83 bits per heavy atom. The van der Waals surface area contributed by atoms with Crippen LogP contribution in [0, 0.1) is 5.41 Å². The molecule has 0 aromatic heterocycles. The number of carbonyl (C=O) groups is 1. The summed E-state index contributed by atoms with van der Waals surface area (Å²) in [6, 6.07) is 7.64. The van der Waals surface area contributed by atoms with E-state index >= 15 is 0 Å². The highest BCUT2D eigenvalue weighted by atomic mass is 16.5. The molecule has 0 bridgehead atoms. The zero-order valence-electron chi connectivity index (χ0n) is 14.1. The van der Waals surface area contributed by atoms with Gasteiger partial charge in [0.25, 0.3) is 0 Å². The van der Waals surface area contributed by atoms with E-state index in [0.29, 0.717) is 12.3 Å². The molecule has 0 radical (unpaired) electrons. The van der Waals surface area contributed by atoms with E-state index in [9.17, 15) is 4.79 Å². The highest BCUT2D eigenvalue weighted by Crippen LogP contribution is 2.44. The predicted octanol–water partition coefficient (Wildman–Crippen LogP) is 3.20. The molecule has 2 aliphatic heterocycles. The van der Waals surface area contributed by atoms with Crippen molar-refractivity contribution in [3.63, 3.8) is 0 Å². The van der Waals surface area contributed by atoms with Crippen LogP contribution < -0.4 is 5.32 Å². The fourth-order valence-electron chi connectivity index (χ4n) is 3.49. The molecular formula is C18H25N3O2. The molecule has 2 heterocycles. The molecule has 1 fully saturated rings. The lowest BCUT2D eigenvalue weighted by Crippen LogP contribution is -2.42. The van der Waals surface area contributed by atoms with Crippen molar-refractivity contribution in [1.82, 2.24) is 4.90 Å². The van der Waals surface area contributed by atoms with E-state index in [1.54, 1.807) is 0 Å². The van der Waals surface area contributed by atoms with Crippen molar-refractivity contribution in [3.05, 3.63) is 24.3 Å². The van der Waals surface area contributed by atoms with Crippen molar-refractivity contribution >= 4 is 23.2 Å². The molecule has 3 rings (SSSR count). The van der Waals surface area contributed by atoms with Gasteiger partial charge in [-0.15, -0.1) is 0 Å². The van der Waals surface area contributed by atoms with Gasteiger partial charge in [-0.05, 0) is 45.1 Å². The third-order valence-electron chi connectivity index (χ3n) is 4.92. The zero-order valence-corrected chi connectivity index (χ0v) is 14.1. The summed E-state index contributed by atoms with van der Waals surface area (Å²) in [4.78, 5) is 20.1. The van der Waals surface area contributed by atoms with Gasteiger partial charge in [0.2, 0.25) is 11.8 Å². The number of hydrogen-bond acceptors (Lipinski definition) is 4. The van der Waals surface area contributed by atoms with Crippen LogP contribution in [0.25, 0.3) is 0 Å². The van der Waals surface area contributed by atoms with Crippen LogP contribution in [0.2, 0.25) is 0 Å². The van der Waals surface area contributed by atoms with E-state index in [1.165, 1.54) is 0 Å². The number of carbonyl (C=O) groups excluding carboxylic acids is 1. The lowest BCUT2D eigenvalue weighted by Gasteiger charge is -2.28. The first-order valence-electron chi connectivity index (χ1n) is 8.47. The molecule has 0 saturated carbocycles. The summed E-state index contributed by atoms with van der Waals surface area (Å²) < 4.78 is 5.95. The van der Waals surface area contributed by atoms with Gasteiger partial charge in [-0.1, -0.05) is 26.0 Å². The first-order chi connectivity index (χ1) is 11.1. The molecule has 2 aliphatic rings. The van der Waals surface area contributed by atoms with Crippen molar-refractivity contribution in [1.29, 1.82) is 0 Å². The van der Waals surface area contributed by atoms with Gasteiger partial charge in [0, 0.05) is 6.42 Å². The van der Waals surface area contributed by atoms with Crippen molar-refractivity contribution in [2.24, 2.45) is 10.4 Å². The van der Waals surface area contributed by atoms with Gasteiger partial charge >= 0.3 is 0 Å². The van der Waals surface area contributed by atoms with Crippen LogP contribution in [0.15, 0.2) is 29.3 Å². The second-order valence-corrected chi connectivity index (χ2v) is 6.38. The Bertz CT molecular complexity index is 624. The second-order valence-electron chi connectivity index (χ2n) is 6.38. The summed E-state index contributed by atoms with van der Waals surface area (Å²) >= 11 is 0. The quantitative estimate of drug-likeness (QED) is 0.908. The summed E-state index contributed by atoms with van der Waals surface area (Å²) in [6.07, 6.45) is 1.44. The van der Waals surface area contributed by atoms with Crippen LogP contribution in [0.4, 0.5) is 11.4 Å². The molecule has 1 aromatic rings. The van der Waals surface area contributed by atoms with Crippen LogP contribution in [0.1, 0.15) is 33.6 Å². The number of amides is 1. The van der Waals surface area contributed by atoms with E-state index in [0.717, 1.165) is 37.4 Å². The van der Waals surface area contributed by atoms with Gasteiger partial charge in [0.05, 0.1) is 17.5 Å². The number of fused-ring (bicyclic) bond motifs is 2. The highest BCUT2D eigenvalue weighted by Gasteiger charge is 2.52. The number of nitrogens with zero attached hydrogens (tertiary/aromatic N) is 2. The van der Waals surface area contributed by atoms with E-state index < -0.39 is 5.41 Å². The average molecular weight is 315 g/mol. The van der Waals surface area contributed by atoms with Crippen LogP contribution in [0.3, 0.4) is 0 Å². The van der Waals surface area contributed by atoms with E-state index in [1.807, 2.05) is 31.2 Å². The SMILES string of the molecule is CCN(CC)CC[C@]12C[C@H](C)OC1=Nc1ccccc1NC2=O. The van der Waals surface area contributed by atoms with E-state index in [4.69, 9.17) is 9.73 Å². The Morgan fingerprint density at radius 2 is 2.09 bits per heavy atom. The van der Waals surface area contributed by atoms with Crippen molar-refractivity contribution in [2.45, 2.75) is 39.7 Å². The first-order valence-corrected chi connectivity index (χ1v) is 8.47. The van der Waals surface area contributed by atoms with Gasteiger partial charge in [-0.3, -0.25) is 4.79 Å². The maximum absolute atomic E-state index is 13.0. The van der Waals surface area contributed by atoms with Crippen molar-refractivity contribution < 1.29 is 9.53 Å². The fourth-order valence-corrected chi connectivity index (χ4v) is 3.49. The van der Waals surface area contributed by atoms with Gasteiger partial charge in [-0.25, -0.2) is 4.99 Å². The van der Waals surface area contributed by atoms with Crippen LogP contribution in [0.5, 0.6) is 0 Å². The molecule has 2 atom stereocenters. The Morgan fingerprint density at radius 1 is 1.35 bits per heavy atom. The number of rotatable bonds is 5. The van der Waals surface area contributed by atoms with Gasteiger partial charge in [0.1, 0.15) is 5.41 Å². The summed E-state index contributed by atoms with van der Waals surface area (Å²) in [5.41, 5.74) is 0.883. The molecule has 1 amide bonds. The first kappa shape index (κ1) is 16.0. The minimum Gasteiger partial charge on any atom is -0.477 e. The van der Waals surface area contributed by atoms with Gasteiger partial charge < -0.3 is 15.0 Å². The smallest absolute Gasteiger partial charge is 0.240 e. The third kappa shape index (κ3) is 2.85. The lowest BCUT2D eigenvalue weighted by atomic mass is 9.80. The van der Waals surface area contributed by atoms with Crippen LogP contribution >= 0.6 is 0 Å². The average Bonchev–Trinajstić information content (AvgIpc) is 2.81. The summed E-state index contributed by atoms with van der Waals surface area (Å²) in [7, 11) is 0. The van der Waals surface area contributed by atoms with Crippen LogP contribution in [-0.2, 0) is 9.53 Å². The Balaban J connectivity index is 1.95. The molecule has 5 heteroatoms. The normalized spacial score (nSPS) is 26.0. The number of para-hydroxylation sites is 2. The molecule has 124 valence electrons. The lowest BCUT2D eigenvalue weighted by molar-refractivity contribution is -0.122. The zero-order chi connectivity index (χ0) is 16.4. The largest absolute Gasteiger partial charge is 0.477 e. The molecule has 5 nitrogen and oxygen atoms in total. The van der Waals surface area contributed by atoms with Crippen LogP contribution in [-0.4, -0.2) is 42.4 Å². The summed E-state index contributed by atoms with van der Waals surface area (Å²) in [5, 5.41) is 3.06. The number of hydrogen-bond donors (Lipinski definition) is 1. The molecule has 1 aromatic carbocycles. The predicted molar refractivity (Wildman–Crippen MR) is 92.2 cm³/mol. The monoisotopic (exact) mass is 315 g/mol. The minimum absolute atomic E-state index is 0.0118. The summed E-state index contributed by atoms with van der Waals surface area (Å²) in [6.45, 7) is 9.13. The maximum atomic E-state index is 13.0. The molecule has 23 heavy (non-hydrogen) atoms. The standard InChI is InChI=1S/C18H25N3O2/c1-4-21(5-2)11-10-18-12-13(3)23-17(18)20-15-9-7-6-8-14(15)19-16(18)22/h6-9,13H,4-5,10-12H2,1-3H3,(H,19,22)/t13-,18+/m0/s1. The van der Waals surface area contributed by atoms with E-state index in [2.05, 4.69) is 24.1 Å². The number of anilines is 1. The van der Waals surface area contributed by atoms with Crippen molar-refractivity contribution in [3.8, 4) is 0 Å². The van der Waals surface area contributed by atoms with Gasteiger partial charge in [0.15, 0.2) is 0 Å². The third-order valence-corrected chi connectivity index (χ3v) is 4.92. The number of nitrogens with one attached hydrogen (secondary N) is 1. The molecule has 1 saturated heterocycles. The topological polar surface area (TPSA) is 53.9 Å². The molecule has 0 aliphatic carbocycles. The number of aliphatic imine (C=N–C) groups is 1. The maximum Gasteiger partial charge on any atom is 0.240 e. The van der Waals surface area contributed by atoms with Crippen molar-refractivity contribution in [2.75, 3.05) is 25.0 Å². The summed E-state index contributed by atoms with van der Waals surface area (Å²) in [5.74, 6) is 0.595. The molecular weight excluding hydrogens is 290 g/mol. The molecule has 0 spiro atoms. The highest BCUT2D eigenvalue weighted by molar-refractivity contribution is 6.15. The Hall–Kier alpha value is -1.88.